The summed E-state index contributed by atoms with van der Waals surface area (Å²) in [5.74, 6) is 1.52. The molecule has 1 saturated carbocycles. The zero-order valence-electron chi connectivity index (χ0n) is 24.4. The molecule has 0 radical (unpaired) electrons. The van der Waals surface area contributed by atoms with Gasteiger partial charge in [0.15, 0.2) is 0 Å². The van der Waals surface area contributed by atoms with Gasteiger partial charge in [-0.15, -0.1) is 0 Å². The van der Waals surface area contributed by atoms with Crippen LogP contribution in [-0.4, -0.2) is 12.6 Å². The minimum Gasteiger partial charge on any atom is -0.494 e. The molecule has 0 bridgehead atoms. The van der Waals surface area contributed by atoms with Crippen LogP contribution in [0.2, 0.25) is 0 Å². The van der Waals surface area contributed by atoms with E-state index in [-0.39, 0.29) is 11.9 Å². The SMILES string of the molecule is CCCCCCCCOc1ccc(-c2ccc(OC(=O)C3(CCCC(C#N)CCC)CCCCC3)cc2)cc1. The lowest BCUT2D eigenvalue weighted by atomic mass is 9.70. The molecule has 4 heteroatoms. The lowest BCUT2D eigenvalue weighted by Crippen LogP contribution is -2.37. The number of ether oxygens (including phenoxy) is 2. The molecule has 0 heterocycles. The molecule has 212 valence electrons. The van der Waals surface area contributed by atoms with Gasteiger partial charge < -0.3 is 9.47 Å². The predicted octanol–water partition coefficient (Wildman–Crippen LogP) is 10.1. The monoisotopic (exact) mass is 531 g/mol. The van der Waals surface area contributed by atoms with Crippen LogP contribution in [0.5, 0.6) is 11.5 Å². The Morgan fingerprint density at radius 3 is 2.03 bits per heavy atom. The Morgan fingerprint density at radius 2 is 1.41 bits per heavy atom. The molecule has 0 N–H and O–H groups in total. The molecule has 0 spiro atoms. The average Bonchev–Trinajstić information content (AvgIpc) is 2.97. The van der Waals surface area contributed by atoms with Gasteiger partial charge in [-0.3, -0.25) is 4.79 Å². The van der Waals surface area contributed by atoms with Gasteiger partial charge in [0.2, 0.25) is 0 Å². The topological polar surface area (TPSA) is 59.3 Å². The molecule has 1 aliphatic rings. The summed E-state index contributed by atoms with van der Waals surface area (Å²) in [7, 11) is 0. The highest BCUT2D eigenvalue weighted by molar-refractivity contribution is 5.79. The molecule has 4 nitrogen and oxygen atoms in total. The highest BCUT2D eigenvalue weighted by Gasteiger charge is 2.40. The summed E-state index contributed by atoms with van der Waals surface area (Å²) in [4.78, 5) is 13.4. The Hall–Kier alpha value is -2.80. The van der Waals surface area contributed by atoms with Crippen molar-refractivity contribution in [1.82, 2.24) is 0 Å². The lowest BCUT2D eigenvalue weighted by Gasteiger charge is -2.35. The van der Waals surface area contributed by atoms with Crippen molar-refractivity contribution < 1.29 is 14.3 Å². The van der Waals surface area contributed by atoms with Gasteiger partial charge in [-0.25, -0.2) is 0 Å². The first-order chi connectivity index (χ1) is 19.1. The molecule has 1 aliphatic carbocycles. The van der Waals surface area contributed by atoms with E-state index >= 15 is 0 Å². The minimum atomic E-state index is -0.408. The van der Waals surface area contributed by atoms with E-state index in [2.05, 4.69) is 32.0 Å². The van der Waals surface area contributed by atoms with E-state index in [0.717, 1.165) is 87.7 Å². The summed E-state index contributed by atoms with van der Waals surface area (Å²) in [6.07, 6.45) is 17.2. The fraction of sp³-hybridized carbons (Fsp3) is 0.600. The van der Waals surface area contributed by atoms with Gasteiger partial charge in [0, 0.05) is 5.92 Å². The Labute approximate surface area is 237 Å². The molecule has 2 aromatic rings. The molecule has 39 heavy (non-hydrogen) atoms. The van der Waals surface area contributed by atoms with Crippen LogP contribution in [0.25, 0.3) is 11.1 Å². The zero-order chi connectivity index (χ0) is 27.8. The Balaban J connectivity index is 1.51. The molecular weight excluding hydrogens is 482 g/mol. The van der Waals surface area contributed by atoms with Crippen molar-refractivity contribution in [3.8, 4) is 28.7 Å². The molecule has 2 aromatic carbocycles. The van der Waals surface area contributed by atoms with E-state index in [4.69, 9.17) is 9.47 Å². The quantitative estimate of drug-likeness (QED) is 0.116. The first-order valence-electron chi connectivity index (χ1n) is 15.6. The lowest BCUT2D eigenvalue weighted by molar-refractivity contribution is -0.148. The van der Waals surface area contributed by atoms with Gasteiger partial charge in [0.25, 0.3) is 0 Å². The van der Waals surface area contributed by atoms with Gasteiger partial charge in [0.05, 0.1) is 18.1 Å². The maximum absolute atomic E-state index is 13.4. The fourth-order valence-corrected chi connectivity index (χ4v) is 5.84. The van der Waals surface area contributed by atoms with Crippen LogP contribution in [0, 0.1) is 22.7 Å². The van der Waals surface area contributed by atoms with E-state index in [1.165, 1.54) is 38.5 Å². The number of nitrogens with zero attached hydrogens (tertiary/aromatic N) is 1. The van der Waals surface area contributed by atoms with Crippen LogP contribution in [0.1, 0.15) is 117 Å². The number of nitriles is 1. The normalized spacial score (nSPS) is 15.3. The van der Waals surface area contributed by atoms with Crippen LogP contribution in [0.4, 0.5) is 0 Å². The van der Waals surface area contributed by atoms with Gasteiger partial charge in [-0.05, 0) is 73.9 Å². The summed E-state index contributed by atoms with van der Waals surface area (Å²) >= 11 is 0. The highest BCUT2D eigenvalue weighted by atomic mass is 16.5. The summed E-state index contributed by atoms with van der Waals surface area (Å²) in [5.41, 5.74) is 1.79. The number of hydrogen-bond donors (Lipinski definition) is 0. The van der Waals surface area contributed by atoms with Crippen LogP contribution < -0.4 is 9.47 Å². The average molecular weight is 532 g/mol. The molecule has 3 rings (SSSR count). The van der Waals surface area contributed by atoms with Gasteiger partial charge in [0.1, 0.15) is 11.5 Å². The summed E-state index contributed by atoms with van der Waals surface area (Å²) < 4.78 is 11.9. The number of benzene rings is 2. The number of carbonyl (C=O) groups excluding carboxylic acids is 1. The Morgan fingerprint density at radius 1 is 0.795 bits per heavy atom. The number of esters is 1. The third-order valence-corrected chi connectivity index (χ3v) is 8.29. The van der Waals surface area contributed by atoms with Crippen LogP contribution >= 0.6 is 0 Å². The minimum absolute atomic E-state index is 0.0918. The smallest absolute Gasteiger partial charge is 0.317 e. The number of unbranched alkanes of at least 4 members (excludes halogenated alkanes) is 5. The van der Waals surface area contributed by atoms with Gasteiger partial charge >= 0.3 is 5.97 Å². The molecule has 1 fully saturated rings. The first kappa shape index (κ1) is 30.7. The standard InChI is InChI=1S/C35H49NO3/c1-3-5-6-7-8-12-27-38-32-20-16-30(17-21-32)31-18-22-33(23-19-31)39-34(37)35(24-10-9-11-25-35)26-13-15-29(28-36)14-4-2/h16-23,29H,3-15,24-27H2,1-2H3. The van der Waals surface area contributed by atoms with Gasteiger partial charge in [-0.1, -0.05) is 102 Å². The number of rotatable bonds is 17. The maximum atomic E-state index is 13.4. The van der Waals surface area contributed by atoms with Crippen molar-refractivity contribution in [1.29, 1.82) is 5.26 Å². The van der Waals surface area contributed by atoms with Crippen LogP contribution in [-0.2, 0) is 4.79 Å². The molecular formula is C35H49NO3. The van der Waals surface area contributed by atoms with E-state index < -0.39 is 5.41 Å². The molecule has 0 amide bonds. The van der Waals surface area contributed by atoms with Crippen molar-refractivity contribution in [3.63, 3.8) is 0 Å². The van der Waals surface area contributed by atoms with E-state index in [9.17, 15) is 10.1 Å². The van der Waals surface area contributed by atoms with Gasteiger partial charge in [-0.2, -0.15) is 5.26 Å². The second-order valence-electron chi connectivity index (χ2n) is 11.4. The Bertz CT molecular complexity index is 1000. The second kappa shape index (κ2) is 17.0. The van der Waals surface area contributed by atoms with Crippen molar-refractivity contribution in [2.24, 2.45) is 11.3 Å². The predicted molar refractivity (Wildman–Crippen MR) is 160 cm³/mol. The maximum Gasteiger partial charge on any atom is 0.317 e. The third-order valence-electron chi connectivity index (χ3n) is 8.29. The molecule has 1 atom stereocenters. The first-order valence-corrected chi connectivity index (χ1v) is 15.6. The molecule has 0 aromatic heterocycles. The van der Waals surface area contributed by atoms with Crippen LogP contribution in [0.15, 0.2) is 48.5 Å². The third kappa shape index (κ3) is 10.0. The summed E-state index contributed by atoms with van der Waals surface area (Å²) in [6.45, 7) is 5.13. The van der Waals surface area contributed by atoms with Crippen molar-refractivity contribution in [3.05, 3.63) is 48.5 Å². The van der Waals surface area contributed by atoms with E-state index in [1.807, 2.05) is 36.4 Å². The number of carbonyl (C=O) groups is 1. The fourth-order valence-electron chi connectivity index (χ4n) is 5.84. The molecule has 0 aliphatic heterocycles. The largest absolute Gasteiger partial charge is 0.494 e. The molecule has 0 saturated heterocycles. The Kier molecular flexibility index (Phi) is 13.4. The van der Waals surface area contributed by atoms with Crippen molar-refractivity contribution in [2.45, 2.75) is 117 Å². The van der Waals surface area contributed by atoms with E-state index in [1.54, 1.807) is 0 Å². The summed E-state index contributed by atoms with van der Waals surface area (Å²) in [5, 5.41) is 9.41. The second-order valence-corrected chi connectivity index (χ2v) is 11.4. The summed E-state index contributed by atoms with van der Waals surface area (Å²) in [6, 6.07) is 18.5. The highest BCUT2D eigenvalue weighted by Crippen LogP contribution is 2.42. The molecule has 1 unspecified atom stereocenters. The van der Waals surface area contributed by atoms with Crippen molar-refractivity contribution in [2.75, 3.05) is 6.61 Å². The zero-order valence-corrected chi connectivity index (χ0v) is 24.4. The van der Waals surface area contributed by atoms with Crippen molar-refractivity contribution >= 4 is 5.97 Å². The number of hydrogen-bond acceptors (Lipinski definition) is 4. The van der Waals surface area contributed by atoms with Crippen LogP contribution in [0.3, 0.4) is 0 Å². The van der Waals surface area contributed by atoms with E-state index in [0.29, 0.717) is 5.75 Å².